The Bertz CT molecular complexity index is 573. The normalized spacial score (nSPS) is 17.2. The highest BCUT2D eigenvalue weighted by atomic mass is 32.1. The van der Waals surface area contributed by atoms with E-state index in [1.807, 2.05) is 25.2 Å². The molecule has 0 spiro atoms. The second-order valence-electron chi connectivity index (χ2n) is 6.73. The van der Waals surface area contributed by atoms with Crippen LogP contribution in [0.1, 0.15) is 31.2 Å². The van der Waals surface area contributed by atoms with Crippen molar-refractivity contribution in [3.8, 4) is 0 Å². The molecule has 1 unspecified atom stereocenters. The van der Waals surface area contributed by atoms with Gasteiger partial charge in [0.1, 0.15) is 0 Å². The van der Waals surface area contributed by atoms with Crippen LogP contribution >= 0.6 is 11.3 Å². The number of rotatable bonds is 7. The second kappa shape index (κ2) is 8.60. The Balaban J connectivity index is 1.69. The van der Waals surface area contributed by atoms with E-state index in [9.17, 15) is 9.59 Å². The van der Waals surface area contributed by atoms with E-state index in [2.05, 4.69) is 33.9 Å². The maximum absolute atomic E-state index is 11.9. The summed E-state index contributed by atoms with van der Waals surface area (Å²) in [6.45, 7) is 8.38. The summed E-state index contributed by atoms with van der Waals surface area (Å²) in [7, 11) is 0. The number of nitrogens with two attached hydrogens (primary N) is 1. The lowest BCUT2D eigenvalue weighted by atomic mass is 10.1. The molecular formula is C17H28N4O2S. The van der Waals surface area contributed by atoms with Gasteiger partial charge in [0.25, 0.3) is 0 Å². The lowest BCUT2D eigenvalue weighted by Crippen LogP contribution is -2.49. The first-order chi connectivity index (χ1) is 11.4. The first-order valence-corrected chi connectivity index (χ1v) is 9.35. The minimum Gasteiger partial charge on any atom is -0.353 e. The van der Waals surface area contributed by atoms with E-state index in [4.69, 9.17) is 5.73 Å². The van der Waals surface area contributed by atoms with Crippen molar-refractivity contribution in [1.82, 2.24) is 15.5 Å². The number of amides is 2. The van der Waals surface area contributed by atoms with Crippen LogP contribution in [0.15, 0.2) is 11.4 Å². The van der Waals surface area contributed by atoms with Crippen LogP contribution in [0.25, 0.3) is 0 Å². The number of fused-ring (bicyclic) bond motifs is 1. The van der Waals surface area contributed by atoms with Gasteiger partial charge in [-0.3, -0.25) is 14.5 Å². The molecule has 1 aliphatic rings. The van der Waals surface area contributed by atoms with Crippen molar-refractivity contribution >= 4 is 23.2 Å². The van der Waals surface area contributed by atoms with Crippen molar-refractivity contribution in [1.29, 1.82) is 0 Å². The molecule has 2 atom stereocenters. The van der Waals surface area contributed by atoms with Gasteiger partial charge in [0, 0.05) is 30.6 Å². The van der Waals surface area contributed by atoms with Crippen LogP contribution in [0.4, 0.5) is 0 Å². The van der Waals surface area contributed by atoms with Gasteiger partial charge in [-0.1, -0.05) is 13.8 Å². The molecule has 2 amide bonds. The summed E-state index contributed by atoms with van der Waals surface area (Å²) in [4.78, 5) is 27.5. The van der Waals surface area contributed by atoms with Gasteiger partial charge in [-0.25, -0.2) is 0 Å². The van der Waals surface area contributed by atoms with Gasteiger partial charge in [0.05, 0.1) is 12.6 Å². The largest absolute Gasteiger partial charge is 0.353 e. The third-order valence-electron chi connectivity index (χ3n) is 4.50. The second-order valence-corrected chi connectivity index (χ2v) is 7.73. The molecule has 0 aromatic carbocycles. The molecule has 1 aromatic heterocycles. The van der Waals surface area contributed by atoms with Crippen LogP contribution in [0, 0.1) is 5.92 Å². The lowest BCUT2D eigenvalue weighted by Gasteiger charge is -2.32. The highest BCUT2D eigenvalue weighted by Crippen LogP contribution is 2.24. The zero-order chi connectivity index (χ0) is 17.7. The summed E-state index contributed by atoms with van der Waals surface area (Å²) >= 11 is 1.82. The van der Waals surface area contributed by atoms with Crippen LogP contribution in [-0.4, -0.2) is 48.4 Å². The fourth-order valence-corrected chi connectivity index (χ4v) is 3.58. The van der Waals surface area contributed by atoms with E-state index in [0.717, 1.165) is 19.5 Å². The number of thiophene rings is 1. The topological polar surface area (TPSA) is 87.5 Å². The smallest absolute Gasteiger partial charge is 0.239 e. The monoisotopic (exact) mass is 352 g/mol. The minimum atomic E-state index is -0.579. The van der Waals surface area contributed by atoms with Gasteiger partial charge in [-0.15, -0.1) is 11.3 Å². The Morgan fingerprint density at radius 1 is 1.33 bits per heavy atom. The molecule has 1 aliphatic heterocycles. The van der Waals surface area contributed by atoms with Gasteiger partial charge in [-0.05, 0) is 36.3 Å². The molecule has 134 valence electrons. The molecule has 0 bridgehead atoms. The molecule has 1 aromatic rings. The molecule has 0 radical (unpaired) electrons. The van der Waals surface area contributed by atoms with Crippen molar-refractivity contribution in [2.45, 2.75) is 45.8 Å². The quantitative estimate of drug-likeness (QED) is 0.674. The van der Waals surface area contributed by atoms with E-state index < -0.39 is 6.04 Å². The average molecular weight is 353 g/mol. The third kappa shape index (κ3) is 5.03. The fourth-order valence-electron chi connectivity index (χ4n) is 2.69. The van der Waals surface area contributed by atoms with E-state index in [1.54, 1.807) is 0 Å². The standard InChI is InChI=1S/C17H28N4O2S/c1-11(2)16(18)17(23)20-9-15(22)19-8-12(3)21-6-4-14-13(10-21)5-7-24-14/h5,7,11-12,16H,4,6,8-10,18H2,1-3H3,(H,19,22)(H,20,23)/t12?,16-/m0/s1. The summed E-state index contributed by atoms with van der Waals surface area (Å²) in [5.74, 6) is -0.414. The van der Waals surface area contributed by atoms with Crippen LogP contribution < -0.4 is 16.4 Å². The molecule has 7 heteroatoms. The van der Waals surface area contributed by atoms with Gasteiger partial charge in [-0.2, -0.15) is 0 Å². The molecule has 2 heterocycles. The summed E-state index contributed by atoms with van der Waals surface area (Å²) < 4.78 is 0. The van der Waals surface area contributed by atoms with E-state index in [-0.39, 0.29) is 30.3 Å². The Morgan fingerprint density at radius 2 is 2.08 bits per heavy atom. The Morgan fingerprint density at radius 3 is 2.79 bits per heavy atom. The predicted molar refractivity (Wildman–Crippen MR) is 96.7 cm³/mol. The summed E-state index contributed by atoms with van der Waals surface area (Å²) in [5, 5.41) is 7.62. The average Bonchev–Trinajstić information content (AvgIpc) is 3.04. The molecule has 0 fully saturated rings. The zero-order valence-corrected chi connectivity index (χ0v) is 15.5. The van der Waals surface area contributed by atoms with Crippen molar-refractivity contribution in [3.63, 3.8) is 0 Å². The van der Waals surface area contributed by atoms with E-state index in [0.29, 0.717) is 6.54 Å². The number of hydrogen-bond acceptors (Lipinski definition) is 5. The van der Waals surface area contributed by atoms with Gasteiger partial charge in [0.15, 0.2) is 0 Å². The zero-order valence-electron chi connectivity index (χ0n) is 14.7. The Labute approximate surface area is 147 Å². The molecule has 4 N–H and O–H groups in total. The van der Waals surface area contributed by atoms with E-state index >= 15 is 0 Å². The van der Waals surface area contributed by atoms with Crippen LogP contribution in [0.3, 0.4) is 0 Å². The van der Waals surface area contributed by atoms with Gasteiger partial charge < -0.3 is 16.4 Å². The predicted octanol–water partition coefficient (Wildman–Crippen LogP) is 0.710. The van der Waals surface area contributed by atoms with Gasteiger partial charge in [0.2, 0.25) is 11.8 Å². The summed E-state index contributed by atoms with van der Waals surface area (Å²) in [6.07, 6.45) is 1.08. The maximum Gasteiger partial charge on any atom is 0.239 e. The van der Waals surface area contributed by atoms with Gasteiger partial charge >= 0.3 is 0 Å². The number of nitrogens with one attached hydrogen (secondary N) is 2. The van der Waals surface area contributed by atoms with Crippen LogP contribution in [-0.2, 0) is 22.6 Å². The molecule has 0 aliphatic carbocycles. The fraction of sp³-hybridized carbons (Fsp3) is 0.647. The van der Waals surface area contributed by atoms with Crippen molar-refractivity contribution < 1.29 is 9.59 Å². The summed E-state index contributed by atoms with van der Waals surface area (Å²) in [5.41, 5.74) is 7.15. The minimum absolute atomic E-state index is 0.0271. The first-order valence-electron chi connectivity index (χ1n) is 8.47. The van der Waals surface area contributed by atoms with Crippen molar-refractivity contribution in [2.24, 2.45) is 11.7 Å². The molecule has 2 rings (SSSR count). The van der Waals surface area contributed by atoms with Crippen molar-refractivity contribution in [3.05, 3.63) is 21.9 Å². The Kier molecular flexibility index (Phi) is 6.77. The molecule has 0 saturated heterocycles. The molecule has 6 nitrogen and oxygen atoms in total. The highest BCUT2D eigenvalue weighted by Gasteiger charge is 2.22. The molecule has 24 heavy (non-hydrogen) atoms. The van der Waals surface area contributed by atoms with Crippen molar-refractivity contribution in [2.75, 3.05) is 19.6 Å². The number of carbonyl (C=O) groups excluding carboxylic acids is 2. The first kappa shape index (κ1) is 18.9. The number of nitrogens with zero attached hydrogens (tertiary/aromatic N) is 1. The van der Waals surface area contributed by atoms with Crippen LogP contribution in [0.5, 0.6) is 0 Å². The highest BCUT2D eigenvalue weighted by molar-refractivity contribution is 7.10. The molecular weight excluding hydrogens is 324 g/mol. The van der Waals surface area contributed by atoms with E-state index in [1.165, 1.54) is 10.4 Å². The maximum atomic E-state index is 11.9. The third-order valence-corrected chi connectivity index (χ3v) is 5.52. The Hall–Kier alpha value is -1.44. The summed E-state index contributed by atoms with van der Waals surface area (Å²) in [6, 6.07) is 1.87. The lowest BCUT2D eigenvalue weighted by molar-refractivity contribution is -0.127. The van der Waals surface area contributed by atoms with Crippen LogP contribution in [0.2, 0.25) is 0 Å². The molecule has 0 saturated carbocycles. The number of hydrogen-bond donors (Lipinski definition) is 3. The SMILES string of the molecule is CC(C)[C@H](N)C(=O)NCC(=O)NCC(C)N1CCc2sccc2C1. The number of carbonyl (C=O) groups is 2.